The number of hydrogen-bond acceptors (Lipinski definition) is 4. The van der Waals surface area contributed by atoms with E-state index < -0.39 is 0 Å². The Morgan fingerprint density at radius 1 is 0.679 bits per heavy atom. The van der Waals surface area contributed by atoms with E-state index in [1.807, 2.05) is 36.4 Å². The molecule has 4 aromatic rings. The molecule has 4 rings (SSSR count). The predicted molar refractivity (Wildman–Crippen MR) is 128 cm³/mol. The Labute approximate surface area is 190 Å². The third kappa shape index (κ3) is 4.02. The highest BCUT2D eigenvalue weighted by Gasteiger charge is 2.13. The Balaban J connectivity index is 1.92. The van der Waals surface area contributed by atoms with Gasteiger partial charge in [0.2, 0.25) is 0 Å². The van der Waals surface area contributed by atoms with Crippen LogP contribution in [0.2, 0.25) is 0 Å². The quantitative estimate of drug-likeness (QED) is 0.270. The minimum atomic E-state index is 0.819. The van der Waals surface area contributed by atoms with E-state index in [4.69, 9.17) is 9.72 Å². The number of aromatic nitrogens is 3. The van der Waals surface area contributed by atoms with E-state index in [1.54, 1.807) is 19.5 Å². The molecule has 0 aliphatic carbocycles. The largest absolute Gasteiger partial charge is 0.495 e. The van der Waals surface area contributed by atoms with Gasteiger partial charge in [0.15, 0.2) is 0 Å². The molecule has 3 aromatic heterocycles. The molecule has 138 valence electrons. The summed E-state index contributed by atoms with van der Waals surface area (Å²) in [4.78, 5) is 13.8. The van der Waals surface area contributed by atoms with Crippen LogP contribution < -0.4 is 4.74 Å². The van der Waals surface area contributed by atoms with Gasteiger partial charge < -0.3 is 4.74 Å². The summed E-state index contributed by atoms with van der Waals surface area (Å²) < 4.78 is 7.64. The summed E-state index contributed by atoms with van der Waals surface area (Å²) in [6, 6.07) is 20.1. The Morgan fingerprint density at radius 3 is 1.61 bits per heavy atom. The summed E-state index contributed by atoms with van der Waals surface area (Å²) in [7, 11) is 1.70. The number of halogens is 2. The SMILES string of the molecule is COc1c(I)cc(-c2cc(-c3ccccn3)nc(-c3ccccn3)c2)cc1I. The molecule has 0 radical (unpaired) electrons. The second-order valence-electron chi connectivity index (χ2n) is 6.03. The van der Waals surface area contributed by atoms with Gasteiger partial charge in [0.1, 0.15) is 5.75 Å². The zero-order valence-electron chi connectivity index (χ0n) is 14.9. The second kappa shape index (κ2) is 8.52. The second-order valence-corrected chi connectivity index (χ2v) is 8.35. The van der Waals surface area contributed by atoms with Crippen molar-refractivity contribution < 1.29 is 4.74 Å². The van der Waals surface area contributed by atoms with Crippen molar-refractivity contribution in [3.05, 3.63) is 80.2 Å². The number of rotatable bonds is 4. The fourth-order valence-corrected chi connectivity index (χ4v) is 5.12. The maximum atomic E-state index is 5.51. The Morgan fingerprint density at radius 2 is 1.18 bits per heavy atom. The van der Waals surface area contributed by atoms with Gasteiger partial charge in [-0.2, -0.15) is 0 Å². The number of methoxy groups -OCH3 is 1. The van der Waals surface area contributed by atoms with Crippen LogP contribution in [0.1, 0.15) is 0 Å². The van der Waals surface area contributed by atoms with Gasteiger partial charge in [-0.05, 0) is 105 Å². The molecule has 4 nitrogen and oxygen atoms in total. The van der Waals surface area contributed by atoms with Crippen molar-refractivity contribution in [3.63, 3.8) is 0 Å². The van der Waals surface area contributed by atoms with E-state index in [1.165, 1.54) is 0 Å². The molecule has 0 atom stereocenters. The van der Waals surface area contributed by atoms with Crippen molar-refractivity contribution in [3.8, 4) is 39.7 Å². The molecule has 0 aliphatic heterocycles. The zero-order chi connectivity index (χ0) is 19.5. The molecule has 0 saturated heterocycles. The monoisotopic (exact) mass is 591 g/mol. The first kappa shape index (κ1) is 19.3. The summed E-state index contributed by atoms with van der Waals surface area (Å²) in [6.07, 6.45) is 3.56. The molecule has 6 heteroatoms. The summed E-state index contributed by atoms with van der Waals surface area (Å²) in [5.41, 5.74) is 5.47. The average molecular weight is 591 g/mol. The van der Waals surface area contributed by atoms with Crippen LogP contribution in [0.5, 0.6) is 5.75 Å². The predicted octanol–water partition coefficient (Wildman–Crippen LogP) is 6.09. The molecule has 28 heavy (non-hydrogen) atoms. The maximum Gasteiger partial charge on any atom is 0.145 e. The molecule has 0 spiro atoms. The van der Waals surface area contributed by atoms with Crippen molar-refractivity contribution >= 4 is 45.2 Å². The number of pyridine rings is 3. The van der Waals surface area contributed by atoms with Gasteiger partial charge in [0.25, 0.3) is 0 Å². The third-order valence-electron chi connectivity index (χ3n) is 4.22. The van der Waals surface area contributed by atoms with Gasteiger partial charge in [0.05, 0.1) is 37.0 Å². The number of hydrogen-bond donors (Lipinski definition) is 0. The van der Waals surface area contributed by atoms with Crippen molar-refractivity contribution in [2.45, 2.75) is 0 Å². The third-order valence-corrected chi connectivity index (χ3v) is 5.82. The van der Waals surface area contributed by atoms with Gasteiger partial charge in [-0.3, -0.25) is 9.97 Å². The summed E-state index contributed by atoms with van der Waals surface area (Å²) in [5, 5.41) is 0. The van der Waals surface area contributed by atoms with Crippen LogP contribution in [-0.2, 0) is 0 Å². The van der Waals surface area contributed by atoms with Gasteiger partial charge in [-0.15, -0.1) is 0 Å². The standard InChI is InChI=1S/C22H15I2N3O/c1-28-22-16(23)10-14(11-17(22)24)15-12-20(18-6-2-4-8-25-18)27-21(13-15)19-7-3-5-9-26-19/h2-13H,1H3. The van der Waals surface area contributed by atoms with Crippen LogP contribution in [0.25, 0.3) is 33.9 Å². The molecule has 1 aromatic carbocycles. The molecular weight excluding hydrogens is 576 g/mol. The zero-order valence-corrected chi connectivity index (χ0v) is 19.2. The lowest BCUT2D eigenvalue weighted by Gasteiger charge is -2.12. The fraction of sp³-hybridized carbons (Fsp3) is 0.0455. The van der Waals surface area contributed by atoms with E-state index in [2.05, 4.69) is 79.4 Å². The van der Waals surface area contributed by atoms with E-state index >= 15 is 0 Å². The van der Waals surface area contributed by atoms with Crippen LogP contribution >= 0.6 is 45.2 Å². The number of nitrogens with zero attached hydrogens (tertiary/aromatic N) is 3. The molecule has 0 unspecified atom stereocenters. The normalized spacial score (nSPS) is 10.7. The van der Waals surface area contributed by atoms with Gasteiger partial charge in [-0.25, -0.2) is 4.98 Å². The minimum absolute atomic E-state index is 0.819. The average Bonchev–Trinajstić information content (AvgIpc) is 2.74. The van der Waals surface area contributed by atoms with Crippen LogP contribution in [0.15, 0.2) is 73.1 Å². The van der Waals surface area contributed by atoms with E-state index in [0.29, 0.717) is 0 Å². The maximum absolute atomic E-state index is 5.51. The highest BCUT2D eigenvalue weighted by Crippen LogP contribution is 2.35. The van der Waals surface area contributed by atoms with Crippen molar-refractivity contribution in [2.75, 3.05) is 7.11 Å². The molecule has 0 aliphatic rings. The smallest absolute Gasteiger partial charge is 0.145 e. The lowest BCUT2D eigenvalue weighted by Crippen LogP contribution is -1.95. The molecule has 0 N–H and O–H groups in total. The number of ether oxygens (including phenoxy) is 1. The lowest BCUT2D eigenvalue weighted by molar-refractivity contribution is 0.409. The first-order chi connectivity index (χ1) is 13.7. The van der Waals surface area contributed by atoms with Crippen LogP contribution in [0, 0.1) is 7.14 Å². The Kier molecular flexibility index (Phi) is 5.86. The first-order valence-electron chi connectivity index (χ1n) is 8.54. The molecule has 0 bridgehead atoms. The molecule has 0 saturated carbocycles. The van der Waals surface area contributed by atoms with Crippen LogP contribution in [-0.4, -0.2) is 22.1 Å². The Bertz CT molecular complexity index is 1040. The summed E-state index contributed by atoms with van der Waals surface area (Å²) in [5.74, 6) is 0.897. The van der Waals surface area contributed by atoms with Gasteiger partial charge in [0, 0.05) is 12.4 Å². The summed E-state index contributed by atoms with van der Waals surface area (Å²) in [6.45, 7) is 0. The minimum Gasteiger partial charge on any atom is -0.495 e. The number of benzene rings is 1. The lowest BCUT2D eigenvalue weighted by atomic mass is 10.0. The van der Waals surface area contributed by atoms with Crippen LogP contribution in [0.4, 0.5) is 0 Å². The fourth-order valence-electron chi connectivity index (χ4n) is 2.91. The highest BCUT2D eigenvalue weighted by atomic mass is 127. The highest BCUT2D eigenvalue weighted by molar-refractivity contribution is 14.1. The van der Waals surface area contributed by atoms with E-state index in [0.717, 1.165) is 46.8 Å². The molecule has 0 fully saturated rings. The molecular formula is C22H15I2N3O. The van der Waals surface area contributed by atoms with Crippen molar-refractivity contribution in [1.82, 2.24) is 15.0 Å². The summed E-state index contributed by atoms with van der Waals surface area (Å²) >= 11 is 4.62. The van der Waals surface area contributed by atoms with E-state index in [9.17, 15) is 0 Å². The Hall–Kier alpha value is -2.07. The van der Waals surface area contributed by atoms with Crippen molar-refractivity contribution in [1.29, 1.82) is 0 Å². The molecule has 3 heterocycles. The topological polar surface area (TPSA) is 47.9 Å². The van der Waals surface area contributed by atoms with Crippen molar-refractivity contribution in [2.24, 2.45) is 0 Å². The van der Waals surface area contributed by atoms with E-state index in [-0.39, 0.29) is 0 Å². The van der Waals surface area contributed by atoms with Gasteiger partial charge >= 0.3 is 0 Å². The first-order valence-corrected chi connectivity index (χ1v) is 10.7. The van der Waals surface area contributed by atoms with Crippen LogP contribution in [0.3, 0.4) is 0 Å². The molecule has 0 amide bonds. The van der Waals surface area contributed by atoms with Gasteiger partial charge in [-0.1, -0.05) is 12.1 Å².